The minimum Gasteiger partial charge on any atom is -0.358 e. The van der Waals surface area contributed by atoms with Crippen LogP contribution in [0.5, 0.6) is 0 Å². The molecule has 0 N–H and O–H groups in total. The Bertz CT molecular complexity index is 19.4. The first-order valence-corrected chi connectivity index (χ1v) is 5.37. The fourth-order valence-corrected chi connectivity index (χ4v) is 0. The first kappa shape index (κ1) is 9.66. The maximum atomic E-state index is 2.30. The maximum absolute atomic E-state index is 2.30. The Balaban J connectivity index is 0. The van der Waals surface area contributed by atoms with Crippen molar-refractivity contribution in [1.29, 1.82) is 0 Å². The van der Waals surface area contributed by atoms with Crippen molar-refractivity contribution >= 4 is 7.26 Å². The van der Waals surface area contributed by atoms with E-state index in [2.05, 4.69) is 26.7 Å². The summed E-state index contributed by atoms with van der Waals surface area (Å²) in [5, 5.41) is 0. The molecule has 0 amide bonds. The summed E-state index contributed by atoms with van der Waals surface area (Å²) >= 11 is 0. The number of hydrogen-bond donors (Lipinski definition) is 0. The van der Waals surface area contributed by atoms with Gasteiger partial charge in [-0.2, -0.15) is 0 Å². The molecule has 6 heavy (non-hydrogen) atoms. The van der Waals surface area contributed by atoms with Crippen molar-refractivity contribution in [3.63, 3.8) is 0 Å². The molecule has 40 valence electrons. The Morgan fingerprint density at radius 3 is 0.833 bits per heavy atom. The van der Waals surface area contributed by atoms with E-state index in [4.69, 9.17) is 0 Å². The minimum atomic E-state index is -0.389. The molecule has 0 aliphatic carbocycles. The van der Waals surface area contributed by atoms with Gasteiger partial charge in [0, 0.05) is 33.9 Å². The molecule has 0 radical (unpaired) electrons. The molecule has 0 aliphatic rings. The lowest BCUT2D eigenvalue weighted by atomic mass is 11.8. The molecule has 0 spiro atoms. The van der Waals surface area contributed by atoms with Crippen LogP contribution in [0.3, 0.4) is 0 Å². The SMILES string of the molecule is C[P+](C)(C)C.[CH3-]. The van der Waals surface area contributed by atoms with Gasteiger partial charge in [-0.25, -0.2) is 0 Å². The summed E-state index contributed by atoms with van der Waals surface area (Å²) in [7, 11) is -0.389. The molecular formula is C5H15P. The first-order valence-electron chi connectivity index (χ1n) is 1.79. The summed E-state index contributed by atoms with van der Waals surface area (Å²) in [5.41, 5.74) is 0. The van der Waals surface area contributed by atoms with Crippen LogP contribution < -0.4 is 0 Å². The molecule has 0 nitrogen and oxygen atoms in total. The highest BCUT2D eigenvalue weighted by atomic mass is 31.2. The zero-order chi connectivity index (χ0) is 4.50. The normalized spacial score (nSPS) is 10.0. The van der Waals surface area contributed by atoms with Crippen LogP contribution in [0.2, 0.25) is 0 Å². The second-order valence-corrected chi connectivity index (χ2v) is 8.05. The fraction of sp³-hybridized carbons (Fsp3) is 0.800. The van der Waals surface area contributed by atoms with Crippen molar-refractivity contribution in [1.82, 2.24) is 0 Å². The zero-order valence-corrected chi connectivity index (χ0v) is 6.34. The maximum Gasteiger partial charge on any atom is 0.0481 e. The van der Waals surface area contributed by atoms with Crippen LogP contribution in [-0.4, -0.2) is 26.7 Å². The molecular weight excluding hydrogens is 91.0 g/mol. The third-order valence-corrected chi connectivity index (χ3v) is 0. The van der Waals surface area contributed by atoms with E-state index in [-0.39, 0.29) is 14.7 Å². The minimum absolute atomic E-state index is 0. The molecule has 0 saturated heterocycles. The molecule has 0 atom stereocenters. The second kappa shape index (κ2) is 2.58. The topological polar surface area (TPSA) is 0 Å². The Kier molecular flexibility index (Phi) is 4.15. The summed E-state index contributed by atoms with van der Waals surface area (Å²) in [6, 6.07) is 0. The molecule has 0 aromatic heterocycles. The van der Waals surface area contributed by atoms with E-state index in [0.717, 1.165) is 0 Å². The van der Waals surface area contributed by atoms with Gasteiger partial charge in [-0.3, -0.25) is 0 Å². The molecule has 1 heteroatoms. The molecule has 0 saturated carbocycles. The van der Waals surface area contributed by atoms with Gasteiger partial charge in [-0.1, -0.05) is 0 Å². The Labute approximate surface area is 42.3 Å². The average molecular weight is 106 g/mol. The molecule has 0 bridgehead atoms. The van der Waals surface area contributed by atoms with Crippen molar-refractivity contribution in [2.75, 3.05) is 26.7 Å². The molecule has 0 aromatic rings. The van der Waals surface area contributed by atoms with Gasteiger partial charge in [0.05, 0.1) is 0 Å². The van der Waals surface area contributed by atoms with Gasteiger partial charge in [0.15, 0.2) is 0 Å². The smallest absolute Gasteiger partial charge is 0.0481 e. The lowest BCUT2D eigenvalue weighted by Crippen LogP contribution is -1.74. The zero-order valence-electron chi connectivity index (χ0n) is 5.45. The van der Waals surface area contributed by atoms with Crippen LogP contribution in [0.4, 0.5) is 0 Å². The molecule has 0 rings (SSSR count). The highest BCUT2D eigenvalue weighted by Crippen LogP contribution is 2.40. The predicted molar refractivity (Wildman–Crippen MR) is 37.0 cm³/mol. The number of hydrogen-bond acceptors (Lipinski definition) is 0. The van der Waals surface area contributed by atoms with Crippen LogP contribution in [0, 0.1) is 7.43 Å². The summed E-state index contributed by atoms with van der Waals surface area (Å²) in [6.45, 7) is 9.19. The lowest BCUT2D eigenvalue weighted by molar-refractivity contribution is 1.95. The van der Waals surface area contributed by atoms with E-state index in [0.29, 0.717) is 0 Å². The van der Waals surface area contributed by atoms with Gasteiger partial charge in [-0.15, -0.1) is 0 Å². The molecule has 0 aliphatic heterocycles. The quantitative estimate of drug-likeness (QED) is 0.327. The Morgan fingerprint density at radius 2 is 0.833 bits per heavy atom. The van der Waals surface area contributed by atoms with Crippen LogP contribution in [0.25, 0.3) is 0 Å². The van der Waals surface area contributed by atoms with Crippen LogP contribution in [-0.2, 0) is 0 Å². The van der Waals surface area contributed by atoms with Gasteiger partial charge in [0.25, 0.3) is 0 Å². The third kappa shape index (κ3) is 282. The van der Waals surface area contributed by atoms with Gasteiger partial charge >= 0.3 is 0 Å². The summed E-state index contributed by atoms with van der Waals surface area (Å²) in [5.74, 6) is 0. The summed E-state index contributed by atoms with van der Waals surface area (Å²) < 4.78 is 0. The third-order valence-electron chi connectivity index (χ3n) is 0. The van der Waals surface area contributed by atoms with Crippen molar-refractivity contribution in [3.8, 4) is 0 Å². The van der Waals surface area contributed by atoms with E-state index >= 15 is 0 Å². The molecule has 0 unspecified atom stereocenters. The van der Waals surface area contributed by atoms with Crippen molar-refractivity contribution in [2.24, 2.45) is 0 Å². The van der Waals surface area contributed by atoms with Crippen molar-refractivity contribution in [2.45, 2.75) is 0 Å². The van der Waals surface area contributed by atoms with E-state index in [1.54, 1.807) is 0 Å². The van der Waals surface area contributed by atoms with Crippen LogP contribution in [0.1, 0.15) is 0 Å². The summed E-state index contributed by atoms with van der Waals surface area (Å²) in [6.07, 6.45) is 0. The molecule has 0 fully saturated rings. The molecule has 0 aromatic carbocycles. The largest absolute Gasteiger partial charge is 0.358 e. The van der Waals surface area contributed by atoms with Gasteiger partial charge in [0.1, 0.15) is 0 Å². The lowest BCUT2D eigenvalue weighted by Gasteiger charge is -1.97. The Morgan fingerprint density at radius 1 is 0.833 bits per heavy atom. The van der Waals surface area contributed by atoms with Crippen LogP contribution in [0.15, 0.2) is 0 Å². The number of rotatable bonds is 0. The first-order chi connectivity index (χ1) is 2.00. The van der Waals surface area contributed by atoms with Crippen LogP contribution >= 0.6 is 7.26 Å². The van der Waals surface area contributed by atoms with E-state index in [9.17, 15) is 0 Å². The van der Waals surface area contributed by atoms with E-state index in [1.807, 2.05) is 0 Å². The fourth-order valence-electron chi connectivity index (χ4n) is 0. The van der Waals surface area contributed by atoms with Gasteiger partial charge in [0.2, 0.25) is 0 Å². The van der Waals surface area contributed by atoms with Gasteiger partial charge < -0.3 is 7.43 Å². The second-order valence-electron chi connectivity index (χ2n) is 2.68. The predicted octanol–water partition coefficient (Wildman–Crippen LogP) is 1.97. The van der Waals surface area contributed by atoms with E-state index < -0.39 is 0 Å². The monoisotopic (exact) mass is 106 g/mol. The van der Waals surface area contributed by atoms with Crippen molar-refractivity contribution < 1.29 is 0 Å². The van der Waals surface area contributed by atoms with E-state index in [1.165, 1.54) is 0 Å². The Hall–Kier alpha value is 0.430. The summed E-state index contributed by atoms with van der Waals surface area (Å²) in [4.78, 5) is 0. The van der Waals surface area contributed by atoms with Crippen molar-refractivity contribution in [3.05, 3.63) is 7.43 Å². The van der Waals surface area contributed by atoms with Gasteiger partial charge in [-0.05, 0) is 0 Å². The average Bonchev–Trinajstić information content (AvgIpc) is 0.722. The standard InChI is InChI=1S/C4H12P.CH3/c1-5(2,3)4;/h1-4H3;1H3/q+1;-1. The highest BCUT2D eigenvalue weighted by molar-refractivity contribution is 7.72. The molecule has 0 heterocycles. The highest BCUT2D eigenvalue weighted by Gasteiger charge is 2.03.